The van der Waals surface area contributed by atoms with Gasteiger partial charge in [0.2, 0.25) is 5.91 Å². The van der Waals surface area contributed by atoms with E-state index in [1.54, 1.807) is 12.1 Å². The fraction of sp³-hybridized carbons (Fsp3) is 0.774. The van der Waals surface area contributed by atoms with Crippen molar-refractivity contribution in [3.05, 3.63) is 35.6 Å². The standard InChI is InChI=1S/C31H54FN2O.BrH/c1-3-5-6-7-8-9-10-11-12-13-14-15-16-17-18-19-31(35)33-24-26-34(4-2,27-25-33)28-29-20-22-30(32)23-21-29;/h20-23H,3-19,24-28H2,1-2H3;1H/q+1;/p-1. The van der Waals surface area contributed by atoms with Crippen LogP contribution in [0, 0.1) is 5.82 Å². The van der Waals surface area contributed by atoms with E-state index in [9.17, 15) is 9.18 Å². The summed E-state index contributed by atoms with van der Waals surface area (Å²) in [6, 6.07) is 6.91. The predicted octanol–water partition coefficient (Wildman–Crippen LogP) is 5.27. The lowest BCUT2D eigenvalue weighted by Crippen LogP contribution is -3.00. The molecule has 1 aromatic carbocycles. The Morgan fingerprint density at radius 3 is 1.64 bits per heavy atom. The number of rotatable bonds is 19. The summed E-state index contributed by atoms with van der Waals surface area (Å²) >= 11 is 0. The molecule has 0 radical (unpaired) electrons. The Kier molecular flexibility index (Phi) is 18.5. The highest BCUT2D eigenvalue weighted by Gasteiger charge is 2.33. The first-order valence-corrected chi connectivity index (χ1v) is 15.0. The first-order valence-electron chi connectivity index (χ1n) is 15.0. The van der Waals surface area contributed by atoms with Gasteiger partial charge in [0.05, 0.1) is 32.7 Å². The molecule has 1 heterocycles. The van der Waals surface area contributed by atoms with Crippen LogP contribution in [0.15, 0.2) is 24.3 Å². The molecular weight excluding hydrogens is 515 g/mol. The molecule has 1 amide bonds. The molecule has 1 aliphatic rings. The van der Waals surface area contributed by atoms with Crippen LogP contribution in [0.4, 0.5) is 4.39 Å². The van der Waals surface area contributed by atoms with Gasteiger partial charge in [-0.3, -0.25) is 4.79 Å². The maximum absolute atomic E-state index is 13.2. The number of quaternary nitrogens is 1. The lowest BCUT2D eigenvalue weighted by Gasteiger charge is -2.44. The molecule has 1 aliphatic heterocycles. The van der Waals surface area contributed by atoms with Crippen LogP contribution in [0.2, 0.25) is 0 Å². The van der Waals surface area contributed by atoms with Crippen LogP contribution in [-0.4, -0.2) is 48.0 Å². The molecule has 1 aromatic rings. The van der Waals surface area contributed by atoms with Crippen LogP contribution in [0.3, 0.4) is 0 Å². The van der Waals surface area contributed by atoms with E-state index in [4.69, 9.17) is 0 Å². The molecule has 36 heavy (non-hydrogen) atoms. The van der Waals surface area contributed by atoms with Crippen molar-refractivity contribution in [2.24, 2.45) is 0 Å². The monoisotopic (exact) mass is 568 g/mol. The highest BCUT2D eigenvalue weighted by atomic mass is 79.9. The van der Waals surface area contributed by atoms with Crippen molar-refractivity contribution in [1.82, 2.24) is 4.90 Å². The third-order valence-corrected chi connectivity index (χ3v) is 8.14. The fourth-order valence-electron chi connectivity index (χ4n) is 5.51. The molecular formula is C31H54BrFN2O. The van der Waals surface area contributed by atoms with Crippen LogP contribution in [-0.2, 0) is 11.3 Å². The third-order valence-electron chi connectivity index (χ3n) is 8.14. The Balaban J connectivity index is 0.00000648. The van der Waals surface area contributed by atoms with Gasteiger partial charge in [-0.1, -0.05) is 109 Å². The van der Waals surface area contributed by atoms with Crippen molar-refractivity contribution < 1.29 is 30.6 Å². The minimum absolute atomic E-state index is 0. The number of amides is 1. The van der Waals surface area contributed by atoms with Crippen LogP contribution in [0.5, 0.6) is 0 Å². The maximum atomic E-state index is 13.2. The summed E-state index contributed by atoms with van der Waals surface area (Å²) in [6.07, 6.45) is 21.0. The van der Waals surface area contributed by atoms with Gasteiger partial charge in [-0.15, -0.1) is 0 Å². The summed E-state index contributed by atoms with van der Waals surface area (Å²) in [5.41, 5.74) is 1.19. The Bertz CT molecular complexity index is 674. The Morgan fingerprint density at radius 1 is 0.750 bits per heavy atom. The minimum Gasteiger partial charge on any atom is -1.00 e. The molecule has 1 saturated heterocycles. The zero-order valence-corrected chi connectivity index (χ0v) is 25.0. The van der Waals surface area contributed by atoms with Crippen molar-refractivity contribution >= 4 is 5.91 Å². The first-order chi connectivity index (χ1) is 17.1. The molecule has 0 N–H and O–H groups in total. The lowest BCUT2D eigenvalue weighted by atomic mass is 10.0. The molecule has 0 bridgehead atoms. The van der Waals surface area contributed by atoms with E-state index in [1.807, 2.05) is 12.1 Å². The SMILES string of the molecule is CCCCCCCCCCCCCCCCCC(=O)N1CC[N+](CC)(Cc2ccc(F)cc2)CC1.[Br-]. The lowest BCUT2D eigenvalue weighted by molar-refractivity contribution is -0.942. The van der Waals surface area contributed by atoms with E-state index in [1.165, 1.54) is 95.5 Å². The number of halogens is 2. The van der Waals surface area contributed by atoms with E-state index in [0.29, 0.717) is 12.3 Å². The summed E-state index contributed by atoms with van der Waals surface area (Å²) < 4.78 is 14.2. The number of hydrogen-bond acceptors (Lipinski definition) is 1. The molecule has 0 atom stereocenters. The van der Waals surface area contributed by atoms with Gasteiger partial charge in [-0.25, -0.2) is 4.39 Å². The van der Waals surface area contributed by atoms with Crippen molar-refractivity contribution in [2.75, 3.05) is 32.7 Å². The molecule has 0 spiro atoms. The van der Waals surface area contributed by atoms with Crippen LogP contribution in [0.25, 0.3) is 0 Å². The highest BCUT2D eigenvalue weighted by molar-refractivity contribution is 5.76. The minimum atomic E-state index is -0.175. The second-order valence-corrected chi connectivity index (χ2v) is 11.0. The Hall–Kier alpha value is -0.940. The summed E-state index contributed by atoms with van der Waals surface area (Å²) in [4.78, 5) is 14.8. The molecule has 208 valence electrons. The molecule has 2 rings (SSSR count). The van der Waals surface area contributed by atoms with Crippen molar-refractivity contribution in [2.45, 2.75) is 123 Å². The van der Waals surface area contributed by atoms with E-state index < -0.39 is 0 Å². The highest BCUT2D eigenvalue weighted by Crippen LogP contribution is 2.20. The van der Waals surface area contributed by atoms with E-state index in [0.717, 1.165) is 50.2 Å². The number of carbonyl (C=O) groups is 1. The average Bonchev–Trinajstić information content (AvgIpc) is 2.88. The van der Waals surface area contributed by atoms with Gasteiger partial charge in [0.25, 0.3) is 0 Å². The zero-order valence-electron chi connectivity index (χ0n) is 23.4. The van der Waals surface area contributed by atoms with E-state index in [2.05, 4.69) is 18.7 Å². The van der Waals surface area contributed by atoms with Crippen LogP contribution >= 0.6 is 0 Å². The second-order valence-electron chi connectivity index (χ2n) is 11.0. The number of nitrogens with zero attached hydrogens (tertiary/aromatic N) is 2. The maximum Gasteiger partial charge on any atom is 0.222 e. The molecule has 0 aromatic heterocycles. The average molecular weight is 570 g/mol. The molecule has 0 saturated carbocycles. The normalized spacial score (nSPS) is 15.0. The summed E-state index contributed by atoms with van der Waals surface area (Å²) in [5.74, 6) is 0.168. The quantitative estimate of drug-likeness (QED) is 0.164. The van der Waals surface area contributed by atoms with E-state index >= 15 is 0 Å². The van der Waals surface area contributed by atoms with Crippen molar-refractivity contribution in [3.8, 4) is 0 Å². The number of carbonyl (C=O) groups excluding carboxylic acids is 1. The molecule has 1 fully saturated rings. The molecule has 0 unspecified atom stereocenters. The fourth-order valence-corrected chi connectivity index (χ4v) is 5.51. The Morgan fingerprint density at radius 2 is 1.19 bits per heavy atom. The second kappa shape index (κ2) is 20.1. The van der Waals surface area contributed by atoms with E-state index in [-0.39, 0.29) is 22.8 Å². The van der Waals surface area contributed by atoms with Gasteiger partial charge < -0.3 is 26.4 Å². The number of piperazine rings is 1. The van der Waals surface area contributed by atoms with Gasteiger partial charge in [-0.05, 0) is 25.5 Å². The van der Waals surface area contributed by atoms with Gasteiger partial charge in [0.1, 0.15) is 12.4 Å². The first kappa shape index (κ1) is 33.1. The Labute approximate surface area is 232 Å². The van der Waals surface area contributed by atoms with Crippen LogP contribution in [0.1, 0.15) is 122 Å². The molecule has 3 nitrogen and oxygen atoms in total. The van der Waals surface area contributed by atoms with Crippen molar-refractivity contribution in [1.29, 1.82) is 0 Å². The zero-order chi connectivity index (χ0) is 25.2. The predicted molar refractivity (Wildman–Crippen MR) is 147 cm³/mol. The van der Waals surface area contributed by atoms with Gasteiger partial charge in [0, 0.05) is 12.0 Å². The molecule has 5 heteroatoms. The summed E-state index contributed by atoms with van der Waals surface area (Å²) in [7, 11) is 0. The smallest absolute Gasteiger partial charge is 0.222 e. The van der Waals surface area contributed by atoms with Gasteiger partial charge >= 0.3 is 0 Å². The van der Waals surface area contributed by atoms with Gasteiger partial charge in [0.15, 0.2) is 0 Å². The summed E-state index contributed by atoms with van der Waals surface area (Å²) in [6.45, 7) is 10.2. The van der Waals surface area contributed by atoms with Gasteiger partial charge in [-0.2, -0.15) is 0 Å². The van der Waals surface area contributed by atoms with Crippen molar-refractivity contribution in [3.63, 3.8) is 0 Å². The number of likely N-dealkylation sites (N-methyl/N-ethyl adjacent to an activating group) is 1. The largest absolute Gasteiger partial charge is 1.00 e. The number of unbranched alkanes of at least 4 members (excludes halogenated alkanes) is 14. The number of benzene rings is 1. The topological polar surface area (TPSA) is 20.3 Å². The number of hydrogen-bond donors (Lipinski definition) is 0. The molecule has 0 aliphatic carbocycles. The van der Waals surface area contributed by atoms with Crippen LogP contribution < -0.4 is 17.0 Å². The third kappa shape index (κ3) is 13.6. The summed E-state index contributed by atoms with van der Waals surface area (Å²) in [5, 5.41) is 0.